The largest absolute Gasteiger partial charge is 0.382 e. The van der Waals surface area contributed by atoms with Crippen LogP contribution in [-0.2, 0) is 4.74 Å². The number of pyridine rings is 1. The van der Waals surface area contributed by atoms with Crippen molar-refractivity contribution in [1.82, 2.24) is 19.4 Å². The highest BCUT2D eigenvalue weighted by molar-refractivity contribution is 6.04. The lowest BCUT2D eigenvalue weighted by Crippen LogP contribution is -2.20. The van der Waals surface area contributed by atoms with Gasteiger partial charge < -0.3 is 15.8 Å². The maximum absolute atomic E-state index is 12.7. The highest BCUT2D eigenvalue weighted by atomic mass is 16.5. The summed E-state index contributed by atoms with van der Waals surface area (Å²) in [6.45, 7) is 1.96. The van der Waals surface area contributed by atoms with Crippen LogP contribution >= 0.6 is 0 Å². The molecule has 8 nitrogen and oxygen atoms in total. The molecular formula is C26H28N6O2. The Kier molecular flexibility index (Phi) is 5.98. The van der Waals surface area contributed by atoms with E-state index >= 15 is 0 Å². The number of rotatable bonds is 5. The van der Waals surface area contributed by atoms with Crippen LogP contribution in [0.2, 0.25) is 0 Å². The number of nitrogen functional groups attached to an aromatic ring is 1. The monoisotopic (exact) mass is 456 g/mol. The number of fused-ring (bicyclic) bond motifs is 1. The Morgan fingerprint density at radius 2 is 1.85 bits per heavy atom. The number of imidazole rings is 1. The first kappa shape index (κ1) is 22.0. The van der Waals surface area contributed by atoms with E-state index < -0.39 is 0 Å². The van der Waals surface area contributed by atoms with Crippen molar-refractivity contribution in [3.63, 3.8) is 0 Å². The Labute approximate surface area is 198 Å². The third-order valence-electron chi connectivity index (χ3n) is 6.56. The van der Waals surface area contributed by atoms with Crippen LogP contribution in [0.25, 0.3) is 16.8 Å². The third-order valence-corrected chi connectivity index (χ3v) is 6.56. The number of nitrogens with zero attached hydrogens (tertiary/aromatic N) is 4. The molecule has 5 rings (SSSR count). The van der Waals surface area contributed by atoms with Crippen molar-refractivity contribution < 1.29 is 9.53 Å². The number of carbonyl (C=O) groups excluding carboxylic acids is 1. The van der Waals surface area contributed by atoms with Crippen LogP contribution in [0.1, 0.15) is 53.3 Å². The Bertz CT molecular complexity index is 1320. The minimum Gasteiger partial charge on any atom is -0.382 e. The Morgan fingerprint density at radius 1 is 1.09 bits per heavy atom. The van der Waals surface area contributed by atoms with Gasteiger partial charge in [0.1, 0.15) is 28.7 Å². The zero-order chi connectivity index (χ0) is 23.7. The van der Waals surface area contributed by atoms with Gasteiger partial charge in [0.25, 0.3) is 5.91 Å². The maximum atomic E-state index is 12.7. The fourth-order valence-corrected chi connectivity index (χ4v) is 4.71. The lowest BCUT2D eigenvalue weighted by molar-refractivity contribution is 0.0650. The maximum Gasteiger partial charge on any atom is 0.256 e. The topological polar surface area (TPSA) is 107 Å². The van der Waals surface area contributed by atoms with Gasteiger partial charge in [-0.05, 0) is 62.4 Å². The van der Waals surface area contributed by atoms with Gasteiger partial charge in [-0.15, -0.1) is 0 Å². The molecule has 3 heterocycles. The number of benzene rings is 1. The van der Waals surface area contributed by atoms with Crippen LogP contribution in [0.3, 0.4) is 0 Å². The molecule has 0 atom stereocenters. The number of amides is 1. The van der Waals surface area contributed by atoms with Gasteiger partial charge in [-0.3, -0.25) is 9.20 Å². The van der Waals surface area contributed by atoms with Crippen molar-refractivity contribution in [1.29, 1.82) is 0 Å². The van der Waals surface area contributed by atoms with E-state index in [0.29, 0.717) is 29.2 Å². The number of nitrogens with one attached hydrogen (secondary N) is 1. The number of nitrogens with two attached hydrogens (primary N) is 1. The molecule has 8 heteroatoms. The summed E-state index contributed by atoms with van der Waals surface area (Å²) in [4.78, 5) is 26.2. The molecule has 1 amide bonds. The second-order valence-corrected chi connectivity index (χ2v) is 8.81. The highest BCUT2D eigenvalue weighted by Gasteiger charge is 2.27. The van der Waals surface area contributed by atoms with E-state index in [9.17, 15) is 4.79 Å². The smallest absolute Gasteiger partial charge is 0.256 e. The van der Waals surface area contributed by atoms with E-state index in [1.807, 2.05) is 37.4 Å². The van der Waals surface area contributed by atoms with Gasteiger partial charge in [0.2, 0.25) is 0 Å². The Morgan fingerprint density at radius 3 is 2.56 bits per heavy atom. The Hall–Kier alpha value is -3.78. The zero-order valence-electron chi connectivity index (χ0n) is 19.4. The molecule has 0 aliphatic heterocycles. The molecule has 0 spiro atoms. The minimum atomic E-state index is -0.212. The van der Waals surface area contributed by atoms with Gasteiger partial charge in [0, 0.05) is 42.7 Å². The number of anilines is 2. The van der Waals surface area contributed by atoms with Gasteiger partial charge in [-0.2, -0.15) is 0 Å². The van der Waals surface area contributed by atoms with Gasteiger partial charge >= 0.3 is 0 Å². The number of aryl methyl sites for hydroxylation is 1. The molecule has 34 heavy (non-hydrogen) atoms. The first-order valence-electron chi connectivity index (χ1n) is 11.5. The molecule has 1 aliphatic rings. The lowest BCUT2D eigenvalue weighted by atomic mass is 9.87. The summed E-state index contributed by atoms with van der Waals surface area (Å²) >= 11 is 0. The molecule has 0 unspecified atom stereocenters. The summed E-state index contributed by atoms with van der Waals surface area (Å²) in [6, 6.07) is 11.1. The SMILES string of the molecule is COC1CCC(c2nc(-c3ccc(C(=O)Nc4cc(C)ccn4)cc3)c3c(N)nccn23)CC1. The average Bonchev–Trinajstić information content (AvgIpc) is 3.25. The number of methoxy groups -OCH3 is 1. The summed E-state index contributed by atoms with van der Waals surface area (Å²) in [6.07, 6.45) is 9.72. The molecule has 1 aliphatic carbocycles. The molecule has 0 radical (unpaired) electrons. The highest BCUT2D eigenvalue weighted by Crippen LogP contribution is 2.37. The average molecular weight is 457 g/mol. The molecule has 0 bridgehead atoms. The van der Waals surface area contributed by atoms with E-state index in [1.165, 1.54) is 0 Å². The lowest BCUT2D eigenvalue weighted by Gasteiger charge is -2.26. The molecule has 174 valence electrons. The number of aromatic nitrogens is 4. The van der Waals surface area contributed by atoms with Gasteiger partial charge in [-0.1, -0.05) is 12.1 Å². The zero-order valence-corrected chi connectivity index (χ0v) is 19.4. The van der Waals surface area contributed by atoms with Crippen molar-refractivity contribution in [3.8, 4) is 11.3 Å². The number of hydrogen-bond acceptors (Lipinski definition) is 6. The quantitative estimate of drug-likeness (QED) is 0.454. The predicted molar refractivity (Wildman–Crippen MR) is 132 cm³/mol. The van der Waals surface area contributed by atoms with Crippen molar-refractivity contribution in [2.45, 2.75) is 44.6 Å². The molecule has 4 aromatic rings. The fourth-order valence-electron chi connectivity index (χ4n) is 4.71. The standard InChI is InChI=1S/C26H28N6O2/c1-16-11-12-28-21(15-16)30-26(33)19-5-3-17(4-6-19)22-23-24(27)29-13-14-32(23)25(31-22)18-7-9-20(34-2)10-8-18/h3-6,11-15,18,20H,7-10H2,1-2H3,(H2,27,29)(H,28,30,33). The van der Waals surface area contributed by atoms with E-state index in [1.54, 1.807) is 31.6 Å². The van der Waals surface area contributed by atoms with Crippen LogP contribution in [0.4, 0.5) is 11.6 Å². The molecule has 1 aromatic carbocycles. The Balaban J connectivity index is 1.44. The van der Waals surface area contributed by atoms with Crippen LogP contribution in [0, 0.1) is 6.92 Å². The summed E-state index contributed by atoms with van der Waals surface area (Å²) < 4.78 is 7.61. The fraction of sp³-hybridized carbons (Fsp3) is 0.308. The first-order chi connectivity index (χ1) is 16.5. The van der Waals surface area contributed by atoms with Crippen molar-refractivity contribution in [2.75, 3.05) is 18.2 Å². The van der Waals surface area contributed by atoms with Gasteiger partial charge in [0.05, 0.1) is 6.10 Å². The van der Waals surface area contributed by atoms with Gasteiger partial charge in [0.15, 0.2) is 0 Å². The molecule has 1 fully saturated rings. The van der Waals surface area contributed by atoms with E-state index in [2.05, 4.69) is 19.7 Å². The first-order valence-corrected chi connectivity index (χ1v) is 11.5. The second-order valence-electron chi connectivity index (χ2n) is 8.81. The number of carbonyl (C=O) groups is 1. The van der Waals surface area contributed by atoms with Crippen LogP contribution < -0.4 is 11.1 Å². The van der Waals surface area contributed by atoms with Crippen molar-refractivity contribution in [2.24, 2.45) is 0 Å². The van der Waals surface area contributed by atoms with Crippen molar-refractivity contribution in [3.05, 3.63) is 71.9 Å². The van der Waals surface area contributed by atoms with Crippen LogP contribution in [0.5, 0.6) is 0 Å². The summed E-state index contributed by atoms with van der Waals surface area (Å²) in [5.74, 6) is 2.09. The predicted octanol–water partition coefficient (Wildman–Crippen LogP) is 4.61. The summed E-state index contributed by atoms with van der Waals surface area (Å²) in [5, 5.41) is 2.84. The van der Waals surface area contributed by atoms with Crippen LogP contribution in [-0.4, -0.2) is 38.5 Å². The molecular weight excluding hydrogens is 428 g/mol. The normalized spacial score (nSPS) is 18.2. The van der Waals surface area contributed by atoms with Crippen molar-refractivity contribution >= 4 is 23.1 Å². The molecule has 3 N–H and O–H groups in total. The number of ether oxygens (including phenoxy) is 1. The van der Waals surface area contributed by atoms with Gasteiger partial charge in [-0.25, -0.2) is 15.0 Å². The molecule has 0 saturated heterocycles. The van der Waals surface area contributed by atoms with E-state index in [4.69, 9.17) is 15.5 Å². The van der Waals surface area contributed by atoms with Crippen LogP contribution in [0.15, 0.2) is 55.0 Å². The molecule has 3 aromatic heterocycles. The van der Waals surface area contributed by atoms with E-state index in [0.717, 1.165) is 53.8 Å². The summed E-state index contributed by atoms with van der Waals surface area (Å²) in [5.41, 5.74) is 10.3. The minimum absolute atomic E-state index is 0.212. The third kappa shape index (κ3) is 4.24. The molecule has 1 saturated carbocycles. The second kappa shape index (κ2) is 9.23. The summed E-state index contributed by atoms with van der Waals surface area (Å²) in [7, 11) is 1.78. The number of hydrogen-bond donors (Lipinski definition) is 2. The van der Waals surface area contributed by atoms with E-state index in [-0.39, 0.29) is 5.91 Å².